The Kier molecular flexibility index (Phi) is 5.35. The van der Waals surface area contributed by atoms with Gasteiger partial charge in [-0.05, 0) is 30.3 Å². The first-order chi connectivity index (χ1) is 10.5. The van der Waals surface area contributed by atoms with E-state index >= 15 is 0 Å². The number of carbonyl (C=O) groups is 1. The van der Waals surface area contributed by atoms with Crippen LogP contribution in [0.25, 0.3) is 0 Å². The van der Waals surface area contributed by atoms with Gasteiger partial charge in [0.25, 0.3) is 5.69 Å². The van der Waals surface area contributed by atoms with E-state index in [0.29, 0.717) is 10.6 Å². The monoisotopic (exact) mass is 339 g/mol. The summed E-state index contributed by atoms with van der Waals surface area (Å²) >= 11 is 11.4. The second-order valence-electron chi connectivity index (χ2n) is 4.31. The second-order valence-corrected chi connectivity index (χ2v) is 5.13. The normalized spacial score (nSPS) is 10.3. The number of nitrogens with zero attached hydrogens (tertiary/aromatic N) is 1. The first-order valence-electron chi connectivity index (χ1n) is 6.30. The standard InChI is InChI=1S/C15H11Cl2NO4/c16-7-8-22-14-6-5-12(18(20)21)9-13(14)15(19)10-1-3-11(17)4-2-10/h1-6,9H,7-8H2. The molecule has 0 N–H and O–H groups in total. The fourth-order valence-electron chi connectivity index (χ4n) is 1.84. The van der Waals surface area contributed by atoms with E-state index in [2.05, 4.69) is 0 Å². The Labute approximate surface area is 136 Å². The van der Waals surface area contributed by atoms with Crippen LogP contribution in [0, 0.1) is 10.1 Å². The van der Waals surface area contributed by atoms with E-state index in [1.165, 1.54) is 18.2 Å². The first-order valence-corrected chi connectivity index (χ1v) is 7.21. The Bertz CT molecular complexity index is 701. The van der Waals surface area contributed by atoms with Gasteiger partial charge in [-0.25, -0.2) is 0 Å². The molecule has 0 radical (unpaired) electrons. The quantitative estimate of drug-likeness (QED) is 0.344. The molecule has 0 amide bonds. The van der Waals surface area contributed by atoms with Gasteiger partial charge >= 0.3 is 0 Å². The van der Waals surface area contributed by atoms with Crippen LogP contribution in [0.2, 0.25) is 5.02 Å². The van der Waals surface area contributed by atoms with Crippen LogP contribution in [0.1, 0.15) is 15.9 Å². The Morgan fingerprint density at radius 3 is 2.45 bits per heavy atom. The minimum atomic E-state index is -0.566. The average molecular weight is 340 g/mol. The molecule has 0 saturated heterocycles. The van der Waals surface area contributed by atoms with Gasteiger partial charge in [-0.1, -0.05) is 11.6 Å². The van der Waals surface area contributed by atoms with Gasteiger partial charge in [0.2, 0.25) is 0 Å². The smallest absolute Gasteiger partial charge is 0.270 e. The van der Waals surface area contributed by atoms with Gasteiger partial charge in [0.05, 0.1) is 16.4 Å². The molecule has 0 aliphatic carbocycles. The highest BCUT2D eigenvalue weighted by molar-refractivity contribution is 6.30. The first kappa shape index (κ1) is 16.3. The van der Waals surface area contributed by atoms with Crippen LogP contribution in [0.3, 0.4) is 0 Å². The molecule has 5 nitrogen and oxygen atoms in total. The number of ether oxygens (including phenoxy) is 1. The van der Waals surface area contributed by atoms with Gasteiger partial charge < -0.3 is 4.74 Å². The number of halogens is 2. The van der Waals surface area contributed by atoms with Crippen LogP contribution >= 0.6 is 23.2 Å². The third-order valence-electron chi connectivity index (χ3n) is 2.86. The fourth-order valence-corrected chi connectivity index (χ4v) is 2.04. The summed E-state index contributed by atoms with van der Waals surface area (Å²) in [5.74, 6) is 0.113. The van der Waals surface area contributed by atoms with Crippen LogP contribution in [-0.2, 0) is 0 Å². The van der Waals surface area contributed by atoms with Gasteiger partial charge in [0.15, 0.2) is 5.78 Å². The van der Waals surface area contributed by atoms with Crippen molar-refractivity contribution < 1.29 is 14.5 Å². The Balaban J connectivity index is 2.44. The Hall–Kier alpha value is -2.11. The van der Waals surface area contributed by atoms with Gasteiger partial charge in [0.1, 0.15) is 12.4 Å². The molecule has 0 bridgehead atoms. The van der Waals surface area contributed by atoms with Crippen LogP contribution in [-0.4, -0.2) is 23.2 Å². The molecule has 0 fully saturated rings. The number of benzene rings is 2. The lowest BCUT2D eigenvalue weighted by molar-refractivity contribution is -0.384. The van der Waals surface area contributed by atoms with Crippen molar-refractivity contribution >= 4 is 34.7 Å². The summed E-state index contributed by atoms with van der Waals surface area (Å²) in [5, 5.41) is 11.4. The fraction of sp³-hybridized carbons (Fsp3) is 0.133. The number of alkyl halides is 1. The SMILES string of the molecule is O=C(c1ccc(Cl)cc1)c1cc([N+](=O)[O-])ccc1OCCCl. The number of ketones is 1. The molecular weight excluding hydrogens is 329 g/mol. The molecule has 0 aromatic heterocycles. The number of hydrogen-bond acceptors (Lipinski definition) is 4. The van der Waals surface area contributed by atoms with Crippen molar-refractivity contribution in [1.82, 2.24) is 0 Å². The molecule has 114 valence electrons. The summed E-state index contributed by atoms with van der Waals surface area (Å²) in [6.45, 7) is 0.195. The molecule has 2 aromatic carbocycles. The minimum absolute atomic E-state index is 0.113. The summed E-state index contributed by atoms with van der Waals surface area (Å²) in [6, 6.07) is 10.1. The molecular formula is C15H11Cl2NO4. The third-order valence-corrected chi connectivity index (χ3v) is 3.27. The number of rotatable bonds is 6. The zero-order chi connectivity index (χ0) is 16.1. The molecule has 0 aliphatic heterocycles. The van der Waals surface area contributed by atoms with Crippen LogP contribution in [0.5, 0.6) is 5.75 Å². The van der Waals surface area contributed by atoms with Gasteiger partial charge in [-0.2, -0.15) is 0 Å². The van der Waals surface area contributed by atoms with E-state index in [0.717, 1.165) is 0 Å². The zero-order valence-electron chi connectivity index (χ0n) is 11.3. The van der Waals surface area contributed by atoms with Crippen molar-refractivity contribution in [2.24, 2.45) is 0 Å². The lowest BCUT2D eigenvalue weighted by Gasteiger charge is -2.10. The minimum Gasteiger partial charge on any atom is -0.492 e. The summed E-state index contributed by atoms with van der Waals surface area (Å²) < 4.78 is 5.39. The molecule has 0 atom stereocenters. The highest BCUT2D eigenvalue weighted by Gasteiger charge is 2.19. The number of non-ortho nitro benzene ring substituents is 1. The van der Waals surface area contributed by atoms with Crippen LogP contribution in [0.15, 0.2) is 42.5 Å². The lowest BCUT2D eigenvalue weighted by Crippen LogP contribution is -2.08. The topological polar surface area (TPSA) is 69.4 Å². The van der Waals surface area contributed by atoms with E-state index in [1.54, 1.807) is 24.3 Å². The Morgan fingerprint density at radius 1 is 1.18 bits per heavy atom. The number of nitro groups is 1. The summed E-state index contributed by atoms with van der Waals surface area (Å²) in [6.07, 6.45) is 0. The largest absolute Gasteiger partial charge is 0.492 e. The van der Waals surface area contributed by atoms with Gasteiger partial charge in [-0.3, -0.25) is 14.9 Å². The summed E-state index contributed by atoms with van der Waals surface area (Å²) in [7, 11) is 0. The number of hydrogen-bond donors (Lipinski definition) is 0. The Morgan fingerprint density at radius 2 is 1.86 bits per heavy atom. The van der Waals surface area contributed by atoms with Crippen molar-refractivity contribution in [3.8, 4) is 5.75 Å². The second kappa shape index (κ2) is 7.24. The zero-order valence-corrected chi connectivity index (χ0v) is 12.8. The van der Waals surface area contributed by atoms with E-state index in [-0.39, 0.29) is 35.3 Å². The maximum atomic E-state index is 12.5. The molecule has 0 unspecified atom stereocenters. The van der Waals surface area contributed by atoms with Crippen LogP contribution in [0.4, 0.5) is 5.69 Å². The molecule has 0 spiro atoms. The highest BCUT2D eigenvalue weighted by Crippen LogP contribution is 2.27. The molecule has 0 heterocycles. The number of carbonyl (C=O) groups excluding carboxylic acids is 1. The number of nitro benzene ring substituents is 1. The van der Waals surface area contributed by atoms with Crippen molar-refractivity contribution in [3.63, 3.8) is 0 Å². The maximum Gasteiger partial charge on any atom is 0.270 e. The van der Waals surface area contributed by atoms with Crippen molar-refractivity contribution in [1.29, 1.82) is 0 Å². The molecule has 22 heavy (non-hydrogen) atoms. The third kappa shape index (κ3) is 3.75. The highest BCUT2D eigenvalue weighted by atomic mass is 35.5. The summed E-state index contributed by atoms with van der Waals surface area (Å²) in [5.41, 5.74) is 0.290. The molecule has 0 aliphatic rings. The predicted octanol–water partition coefficient (Wildman–Crippen LogP) is 4.10. The summed E-state index contributed by atoms with van der Waals surface area (Å²) in [4.78, 5) is 22.9. The lowest BCUT2D eigenvalue weighted by atomic mass is 10.0. The average Bonchev–Trinajstić information content (AvgIpc) is 2.52. The van der Waals surface area contributed by atoms with Gasteiger partial charge in [-0.15, -0.1) is 11.6 Å². The van der Waals surface area contributed by atoms with Crippen molar-refractivity contribution in [2.75, 3.05) is 12.5 Å². The molecule has 0 saturated carbocycles. The van der Waals surface area contributed by atoms with E-state index in [1.807, 2.05) is 0 Å². The molecule has 2 aromatic rings. The van der Waals surface area contributed by atoms with E-state index in [9.17, 15) is 14.9 Å². The van der Waals surface area contributed by atoms with Crippen LogP contribution < -0.4 is 4.74 Å². The maximum absolute atomic E-state index is 12.5. The van der Waals surface area contributed by atoms with Crippen molar-refractivity contribution in [3.05, 3.63) is 68.7 Å². The van der Waals surface area contributed by atoms with E-state index in [4.69, 9.17) is 27.9 Å². The molecule has 7 heteroatoms. The predicted molar refractivity (Wildman–Crippen MR) is 84.2 cm³/mol. The molecule has 2 rings (SSSR count). The van der Waals surface area contributed by atoms with Gasteiger partial charge in [0, 0.05) is 22.7 Å². The van der Waals surface area contributed by atoms with Crippen molar-refractivity contribution in [2.45, 2.75) is 0 Å². The van der Waals surface area contributed by atoms with E-state index < -0.39 is 4.92 Å².